The number of benzene rings is 1. The van der Waals surface area contributed by atoms with Crippen LogP contribution in [0.1, 0.15) is 50.5 Å². The second-order valence-electron chi connectivity index (χ2n) is 7.14. The van der Waals surface area contributed by atoms with Crippen LogP contribution in [-0.4, -0.2) is 57.7 Å². The van der Waals surface area contributed by atoms with Gasteiger partial charge in [-0.2, -0.15) is 0 Å². The maximum atomic E-state index is 5.22. The van der Waals surface area contributed by atoms with Crippen molar-refractivity contribution in [2.75, 3.05) is 46.9 Å². The number of guanidine groups is 1. The van der Waals surface area contributed by atoms with Crippen molar-refractivity contribution >= 4 is 5.96 Å². The second-order valence-corrected chi connectivity index (χ2v) is 7.14. The fraction of sp³-hybridized carbons (Fsp3) is 0.667. The Bertz CT molecular complexity index is 523. The smallest absolute Gasteiger partial charge is 0.190 e. The lowest BCUT2D eigenvalue weighted by Crippen LogP contribution is -2.38. The first-order valence-electron chi connectivity index (χ1n) is 10.0. The SMILES string of the molecule is CN=C(NCCCCN1CCCC1)NCCC(C)c1ccc(OC)cc1. The quantitative estimate of drug-likeness (QED) is 0.382. The predicted octanol–water partition coefficient (Wildman–Crippen LogP) is 3.23. The van der Waals surface area contributed by atoms with E-state index >= 15 is 0 Å². The van der Waals surface area contributed by atoms with Crippen molar-refractivity contribution in [3.05, 3.63) is 29.8 Å². The average molecular weight is 361 g/mol. The molecule has 0 bridgehead atoms. The second kappa shape index (κ2) is 11.8. The molecule has 5 nitrogen and oxygen atoms in total. The molecule has 0 amide bonds. The van der Waals surface area contributed by atoms with Gasteiger partial charge in [-0.25, -0.2) is 0 Å². The van der Waals surface area contributed by atoms with E-state index in [0.29, 0.717) is 5.92 Å². The Balaban J connectivity index is 1.57. The maximum Gasteiger partial charge on any atom is 0.190 e. The van der Waals surface area contributed by atoms with Crippen LogP contribution in [0.4, 0.5) is 0 Å². The normalized spacial score (nSPS) is 16.5. The van der Waals surface area contributed by atoms with E-state index in [1.165, 1.54) is 50.9 Å². The van der Waals surface area contributed by atoms with Gasteiger partial charge >= 0.3 is 0 Å². The summed E-state index contributed by atoms with van der Waals surface area (Å²) in [5.74, 6) is 2.33. The molecule has 1 aromatic rings. The Morgan fingerprint density at radius 2 is 1.81 bits per heavy atom. The summed E-state index contributed by atoms with van der Waals surface area (Å²) in [4.78, 5) is 6.90. The van der Waals surface area contributed by atoms with Crippen molar-refractivity contribution in [1.82, 2.24) is 15.5 Å². The molecule has 0 spiro atoms. The zero-order valence-corrected chi connectivity index (χ0v) is 16.8. The first kappa shape index (κ1) is 20.6. The topological polar surface area (TPSA) is 48.9 Å². The van der Waals surface area contributed by atoms with E-state index in [2.05, 4.69) is 39.6 Å². The number of nitrogens with zero attached hydrogens (tertiary/aromatic N) is 2. The van der Waals surface area contributed by atoms with Gasteiger partial charge in [0.15, 0.2) is 5.96 Å². The molecule has 26 heavy (non-hydrogen) atoms. The van der Waals surface area contributed by atoms with Gasteiger partial charge in [0.1, 0.15) is 5.75 Å². The third kappa shape index (κ3) is 7.24. The number of unbranched alkanes of at least 4 members (excludes halogenated alkanes) is 1. The van der Waals surface area contributed by atoms with E-state index in [1.54, 1.807) is 7.11 Å². The third-order valence-corrected chi connectivity index (χ3v) is 5.17. The fourth-order valence-electron chi connectivity index (χ4n) is 3.40. The molecule has 0 aromatic heterocycles. The molecular formula is C21H36N4O. The van der Waals surface area contributed by atoms with Crippen LogP contribution >= 0.6 is 0 Å². The van der Waals surface area contributed by atoms with Crippen LogP contribution in [0.2, 0.25) is 0 Å². The van der Waals surface area contributed by atoms with Gasteiger partial charge in [-0.3, -0.25) is 4.99 Å². The predicted molar refractivity (Wildman–Crippen MR) is 110 cm³/mol. The van der Waals surface area contributed by atoms with Crippen LogP contribution in [0.5, 0.6) is 5.75 Å². The van der Waals surface area contributed by atoms with E-state index in [9.17, 15) is 0 Å². The zero-order chi connectivity index (χ0) is 18.6. The summed E-state index contributed by atoms with van der Waals surface area (Å²) >= 11 is 0. The monoisotopic (exact) mass is 360 g/mol. The van der Waals surface area contributed by atoms with E-state index in [0.717, 1.165) is 31.2 Å². The molecule has 1 heterocycles. The fourth-order valence-corrected chi connectivity index (χ4v) is 3.40. The average Bonchev–Trinajstić information content (AvgIpc) is 3.19. The number of nitrogens with one attached hydrogen (secondary N) is 2. The first-order chi connectivity index (χ1) is 12.7. The molecule has 1 aliphatic rings. The molecule has 2 N–H and O–H groups in total. The first-order valence-corrected chi connectivity index (χ1v) is 10.0. The molecule has 0 saturated carbocycles. The number of hydrogen-bond donors (Lipinski definition) is 2. The lowest BCUT2D eigenvalue weighted by molar-refractivity contribution is 0.330. The lowest BCUT2D eigenvalue weighted by atomic mass is 9.98. The number of likely N-dealkylation sites (tertiary alicyclic amines) is 1. The molecule has 2 rings (SSSR count). The molecule has 1 unspecified atom stereocenters. The van der Waals surface area contributed by atoms with Gasteiger partial charge in [0, 0.05) is 20.1 Å². The number of hydrogen-bond acceptors (Lipinski definition) is 3. The highest BCUT2D eigenvalue weighted by atomic mass is 16.5. The largest absolute Gasteiger partial charge is 0.497 e. The van der Waals surface area contributed by atoms with Crippen molar-refractivity contribution in [2.24, 2.45) is 4.99 Å². The lowest BCUT2D eigenvalue weighted by Gasteiger charge is -2.16. The van der Waals surface area contributed by atoms with Crippen LogP contribution in [0, 0.1) is 0 Å². The Morgan fingerprint density at radius 3 is 2.46 bits per heavy atom. The molecule has 1 atom stereocenters. The van der Waals surface area contributed by atoms with E-state index in [4.69, 9.17) is 4.74 Å². The van der Waals surface area contributed by atoms with Crippen molar-refractivity contribution < 1.29 is 4.74 Å². The highest BCUT2D eigenvalue weighted by molar-refractivity contribution is 5.79. The van der Waals surface area contributed by atoms with Gasteiger partial charge in [-0.15, -0.1) is 0 Å². The molecule has 1 saturated heterocycles. The maximum absolute atomic E-state index is 5.22. The van der Waals surface area contributed by atoms with Crippen LogP contribution in [-0.2, 0) is 0 Å². The minimum atomic E-state index is 0.506. The molecule has 1 fully saturated rings. The van der Waals surface area contributed by atoms with Crippen molar-refractivity contribution in [3.8, 4) is 5.75 Å². The van der Waals surface area contributed by atoms with Crippen LogP contribution in [0.15, 0.2) is 29.3 Å². The van der Waals surface area contributed by atoms with Gasteiger partial charge in [-0.1, -0.05) is 19.1 Å². The Hall–Kier alpha value is -1.75. The summed E-state index contributed by atoms with van der Waals surface area (Å²) in [7, 11) is 3.54. The van der Waals surface area contributed by atoms with Crippen molar-refractivity contribution in [1.29, 1.82) is 0 Å². The highest BCUT2D eigenvalue weighted by Gasteiger charge is 2.10. The number of methoxy groups -OCH3 is 1. The third-order valence-electron chi connectivity index (χ3n) is 5.17. The van der Waals surface area contributed by atoms with E-state index in [-0.39, 0.29) is 0 Å². The summed E-state index contributed by atoms with van der Waals surface area (Å²) in [5.41, 5.74) is 1.34. The Labute approximate surface area is 159 Å². The van der Waals surface area contributed by atoms with Gasteiger partial charge in [0.25, 0.3) is 0 Å². The molecule has 1 aliphatic heterocycles. The minimum absolute atomic E-state index is 0.506. The van der Waals surface area contributed by atoms with Crippen LogP contribution in [0.25, 0.3) is 0 Å². The summed E-state index contributed by atoms with van der Waals surface area (Å²) < 4.78 is 5.22. The summed E-state index contributed by atoms with van der Waals surface area (Å²) in [6, 6.07) is 8.36. The highest BCUT2D eigenvalue weighted by Crippen LogP contribution is 2.21. The number of aliphatic imine (C=N–C) groups is 1. The molecule has 0 aliphatic carbocycles. The summed E-state index contributed by atoms with van der Waals surface area (Å²) in [6.07, 6.45) is 6.29. The molecule has 0 radical (unpaired) electrons. The molecular weight excluding hydrogens is 324 g/mol. The molecule has 146 valence electrons. The molecule has 5 heteroatoms. The van der Waals surface area contributed by atoms with Crippen LogP contribution < -0.4 is 15.4 Å². The van der Waals surface area contributed by atoms with Gasteiger partial charge in [0.2, 0.25) is 0 Å². The summed E-state index contributed by atoms with van der Waals surface area (Å²) in [6.45, 7) is 8.00. The van der Waals surface area contributed by atoms with E-state index < -0.39 is 0 Å². The number of ether oxygens (including phenoxy) is 1. The van der Waals surface area contributed by atoms with Crippen LogP contribution in [0.3, 0.4) is 0 Å². The standard InChI is InChI=1S/C21H36N4O/c1-18(19-8-10-20(26-3)11-9-19)12-14-24-21(22-2)23-13-4-5-15-25-16-6-7-17-25/h8-11,18H,4-7,12-17H2,1-3H3,(H2,22,23,24). The minimum Gasteiger partial charge on any atom is -0.497 e. The Morgan fingerprint density at radius 1 is 1.12 bits per heavy atom. The molecule has 1 aromatic carbocycles. The zero-order valence-electron chi connectivity index (χ0n) is 16.8. The van der Waals surface area contributed by atoms with E-state index in [1.807, 2.05) is 19.2 Å². The van der Waals surface area contributed by atoms with Gasteiger partial charge in [-0.05, 0) is 75.4 Å². The Kier molecular flexibility index (Phi) is 9.32. The van der Waals surface area contributed by atoms with Crippen molar-refractivity contribution in [2.45, 2.75) is 44.9 Å². The number of rotatable bonds is 10. The van der Waals surface area contributed by atoms with Gasteiger partial charge < -0.3 is 20.3 Å². The van der Waals surface area contributed by atoms with Crippen molar-refractivity contribution in [3.63, 3.8) is 0 Å². The van der Waals surface area contributed by atoms with Gasteiger partial charge in [0.05, 0.1) is 7.11 Å². The summed E-state index contributed by atoms with van der Waals surface area (Å²) in [5, 5.41) is 6.86.